The molecule has 1 N–H and O–H groups in total. The van der Waals surface area contributed by atoms with Gasteiger partial charge in [-0.3, -0.25) is 10.1 Å². The van der Waals surface area contributed by atoms with Gasteiger partial charge in [0.1, 0.15) is 0 Å². The average Bonchev–Trinajstić information content (AvgIpc) is 2.39. The molecule has 0 aliphatic heterocycles. The zero-order chi connectivity index (χ0) is 8.27. The van der Waals surface area contributed by atoms with Gasteiger partial charge in [-0.25, -0.2) is 4.98 Å². The third-order valence-corrected chi connectivity index (χ3v) is 1.76. The van der Waals surface area contributed by atoms with Gasteiger partial charge in [-0.2, -0.15) is 0 Å². The van der Waals surface area contributed by atoms with Gasteiger partial charge < -0.3 is 0 Å². The van der Waals surface area contributed by atoms with Crippen LogP contribution in [0.1, 0.15) is 0 Å². The van der Waals surface area contributed by atoms with E-state index in [0.717, 1.165) is 0 Å². The number of carbonyl (C=O) groups excluding carboxylic acids is 1. The monoisotopic (exact) mass is 188 g/mol. The SMILES string of the molecule is C=C(Cl)C(=O)Nc1nccs1. The zero-order valence-electron chi connectivity index (χ0n) is 5.50. The maximum absolute atomic E-state index is 10.8. The first kappa shape index (κ1) is 8.23. The van der Waals surface area contributed by atoms with E-state index < -0.39 is 5.91 Å². The fourth-order valence-electron chi connectivity index (χ4n) is 0.450. The summed E-state index contributed by atoms with van der Waals surface area (Å²) in [7, 11) is 0. The Labute approximate surface area is 72.7 Å². The van der Waals surface area contributed by atoms with Gasteiger partial charge in [0, 0.05) is 11.6 Å². The summed E-state index contributed by atoms with van der Waals surface area (Å²) in [6, 6.07) is 0. The number of carbonyl (C=O) groups is 1. The molecule has 0 saturated heterocycles. The average molecular weight is 189 g/mol. The van der Waals surface area contributed by atoms with E-state index in [4.69, 9.17) is 11.6 Å². The van der Waals surface area contributed by atoms with Crippen molar-refractivity contribution in [3.63, 3.8) is 0 Å². The van der Waals surface area contributed by atoms with Crippen LogP contribution in [-0.4, -0.2) is 10.9 Å². The highest BCUT2D eigenvalue weighted by Gasteiger charge is 2.04. The normalized spacial score (nSPS) is 9.18. The Kier molecular flexibility index (Phi) is 2.62. The van der Waals surface area contributed by atoms with Crippen LogP contribution in [0.2, 0.25) is 0 Å². The Morgan fingerprint density at radius 3 is 3.00 bits per heavy atom. The second-order valence-electron chi connectivity index (χ2n) is 1.70. The first-order valence-corrected chi connectivity index (χ1v) is 4.01. The van der Waals surface area contributed by atoms with E-state index >= 15 is 0 Å². The van der Waals surface area contributed by atoms with Crippen LogP contribution in [0.5, 0.6) is 0 Å². The Morgan fingerprint density at radius 2 is 2.55 bits per heavy atom. The number of nitrogens with one attached hydrogen (secondary N) is 1. The van der Waals surface area contributed by atoms with Crippen molar-refractivity contribution in [3.05, 3.63) is 23.2 Å². The highest BCUT2D eigenvalue weighted by Crippen LogP contribution is 2.11. The summed E-state index contributed by atoms with van der Waals surface area (Å²) in [5.41, 5.74) is 0. The zero-order valence-corrected chi connectivity index (χ0v) is 7.08. The van der Waals surface area contributed by atoms with E-state index in [1.807, 2.05) is 0 Å². The first-order valence-electron chi connectivity index (χ1n) is 2.75. The fraction of sp³-hybridized carbons (Fsp3) is 0. The van der Waals surface area contributed by atoms with Crippen LogP contribution in [0.3, 0.4) is 0 Å². The summed E-state index contributed by atoms with van der Waals surface area (Å²) in [6.07, 6.45) is 1.59. The molecule has 11 heavy (non-hydrogen) atoms. The van der Waals surface area contributed by atoms with Crippen molar-refractivity contribution >= 4 is 34.0 Å². The Hall–Kier alpha value is -0.870. The molecule has 0 atom stereocenters. The lowest BCUT2D eigenvalue weighted by Crippen LogP contribution is -2.10. The number of hydrogen-bond acceptors (Lipinski definition) is 3. The topological polar surface area (TPSA) is 42.0 Å². The summed E-state index contributed by atoms with van der Waals surface area (Å²) in [5.74, 6) is -0.415. The van der Waals surface area contributed by atoms with Gasteiger partial charge in [0.05, 0.1) is 5.03 Å². The molecule has 1 heterocycles. The molecule has 1 rings (SSSR count). The molecular formula is C6H5ClN2OS. The van der Waals surface area contributed by atoms with Crippen molar-refractivity contribution in [2.75, 3.05) is 5.32 Å². The number of halogens is 1. The van der Waals surface area contributed by atoms with Gasteiger partial charge in [0.2, 0.25) is 0 Å². The molecule has 58 valence electrons. The summed E-state index contributed by atoms with van der Waals surface area (Å²) >= 11 is 6.64. The predicted molar refractivity (Wildman–Crippen MR) is 45.7 cm³/mol. The molecule has 0 aromatic carbocycles. The van der Waals surface area contributed by atoms with Gasteiger partial charge in [-0.05, 0) is 0 Å². The van der Waals surface area contributed by atoms with E-state index in [-0.39, 0.29) is 5.03 Å². The van der Waals surface area contributed by atoms with Crippen LogP contribution in [0.4, 0.5) is 5.13 Å². The molecule has 0 bridgehead atoms. The number of hydrogen-bond donors (Lipinski definition) is 1. The molecule has 0 aliphatic carbocycles. The minimum absolute atomic E-state index is 0.0415. The predicted octanol–water partition coefficient (Wildman–Crippen LogP) is 1.83. The maximum atomic E-state index is 10.8. The number of aromatic nitrogens is 1. The summed E-state index contributed by atoms with van der Waals surface area (Å²) in [5, 5.41) is 4.70. The molecule has 5 heteroatoms. The van der Waals surface area contributed by atoms with Gasteiger partial charge in [0.25, 0.3) is 5.91 Å². The molecule has 0 radical (unpaired) electrons. The van der Waals surface area contributed by atoms with Crippen LogP contribution in [-0.2, 0) is 4.79 Å². The second-order valence-corrected chi connectivity index (χ2v) is 3.05. The van der Waals surface area contributed by atoms with E-state index in [9.17, 15) is 4.79 Å². The Morgan fingerprint density at radius 1 is 1.82 bits per heavy atom. The highest BCUT2D eigenvalue weighted by molar-refractivity contribution is 7.13. The van der Waals surface area contributed by atoms with Crippen molar-refractivity contribution < 1.29 is 4.79 Å². The minimum atomic E-state index is -0.415. The summed E-state index contributed by atoms with van der Waals surface area (Å²) in [6.45, 7) is 3.27. The molecular weight excluding hydrogens is 184 g/mol. The number of nitrogens with zero attached hydrogens (tertiary/aromatic N) is 1. The maximum Gasteiger partial charge on any atom is 0.268 e. The third-order valence-electron chi connectivity index (χ3n) is 0.899. The summed E-state index contributed by atoms with van der Waals surface area (Å²) in [4.78, 5) is 14.7. The molecule has 3 nitrogen and oxygen atoms in total. The molecule has 0 saturated carbocycles. The van der Waals surface area contributed by atoms with Crippen LogP contribution in [0.15, 0.2) is 23.2 Å². The standard InChI is InChI=1S/C6H5ClN2OS/c1-4(7)5(10)9-6-8-2-3-11-6/h2-3H,1H2,(H,8,9,10). The molecule has 0 aliphatic rings. The van der Waals surface area contributed by atoms with Crippen LogP contribution in [0.25, 0.3) is 0 Å². The quantitative estimate of drug-likeness (QED) is 0.720. The van der Waals surface area contributed by atoms with Gasteiger partial charge >= 0.3 is 0 Å². The van der Waals surface area contributed by atoms with Crippen molar-refractivity contribution in [2.45, 2.75) is 0 Å². The highest BCUT2D eigenvalue weighted by atomic mass is 35.5. The van der Waals surface area contributed by atoms with Gasteiger partial charge in [-0.1, -0.05) is 18.2 Å². The Bertz CT molecular complexity index is 270. The first-order chi connectivity index (χ1) is 5.20. The summed E-state index contributed by atoms with van der Waals surface area (Å²) < 4.78 is 0. The van der Waals surface area contributed by atoms with Crippen molar-refractivity contribution in [3.8, 4) is 0 Å². The second kappa shape index (κ2) is 3.50. The van der Waals surface area contributed by atoms with Crippen molar-refractivity contribution in [1.29, 1.82) is 0 Å². The van der Waals surface area contributed by atoms with E-state index in [1.165, 1.54) is 11.3 Å². The third kappa shape index (κ3) is 2.32. The van der Waals surface area contributed by atoms with E-state index in [1.54, 1.807) is 11.6 Å². The number of anilines is 1. The lowest BCUT2D eigenvalue weighted by Gasteiger charge is -1.96. The number of thiazole rings is 1. The molecule has 1 amide bonds. The molecule has 0 unspecified atom stereocenters. The number of amides is 1. The smallest absolute Gasteiger partial charge is 0.268 e. The van der Waals surface area contributed by atoms with E-state index in [0.29, 0.717) is 5.13 Å². The lowest BCUT2D eigenvalue weighted by molar-refractivity contribution is -0.112. The van der Waals surface area contributed by atoms with Crippen LogP contribution >= 0.6 is 22.9 Å². The van der Waals surface area contributed by atoms with Gasteiger partial charge in [0.15, 0.2) is 5.13 Å². The van der Waals surface area contributed by atoms with Crippen molar-refractivity contribution in [1.82, 2.24) is 4.98 Å². The van der Waals surface area contributed by atoms with Gasteiger partial charge in [-0.15, -0.1) is 11.3 Å². The van der Waals surface area contributed by atoms with E-state index in [2.05, 4.69) is 16.9 Å². The lowest BCUT2D eigenvalue weighted by atomic mass is 10.6. The minimum Gasteiger partial charge on any atom is -0.297 e. The van der Waals surface area contributed by atoms with Crippen LogP contribution in [0, 0.1) is 0 Å². The Balaban J connectivity index is 2.57. The molecule has 1 aromatic heterocycles. The molecule has 0 fully saturated rings. The molecule has 1 aromatic rings. The fourth-order valence-corrected chi connectivity index (χ4v) is 1.02. The molecule has 0 spiro atoms. The largest absolute Gasteiger partial charge is 0.297 e. The van der Waals surface area contributed by atoms with Crippen molar-refractivity contribution in [2.24, 2.45) is 0 Å². The number of rotatable bonds is 2. The van der Waals surface area contributed by atoms with Crippen LogP contribution < -0.4 is 5.32 Å².